The van der Waals surface area contributed by atoms with Crippen molar-refractivity contribution in [3.8, 4) is 0 Å². The van der Waals surface area contributed by atoms with Gasteiger partial charge in [0.25, 0.3) is 0 Å². The number of aliphatic hydroxyl groups excluding tert-OH is 1. The van der Waals surface area contributed by atoms with Gasteiger partial charge in [-0.3, -0.25) is 4.79 Å². The summed E-state index contributed by atoms with van der Waals surface area (Å²) in [5, 5.41) is 23.8. The van der Waals surface area contributed by atoms with Crippen LogP contribution in [0.4, 0.5) is 0 Å². The number of carbonyl (C=O) groups excluding carboxylic acids is 1. The Morgan fingerprint density at radius 3 is 2.62 bits per heavy atom. The molecule has 3 fully saturated rings. The molecular formula is C22H35NO6. The second kappa shape index (κ2) is 8.47. The quantitative estimate of drug-likeness (QED) is 0.473. The van der Waals surface area contributed by atoms with E-state index in [1.807, 2.05) is 19.9 Å². The van der Waals surface area contributed by atoms with Crippen molar-refractivity contribution in [1.29, 1.82) is 0 Å². The first-order valence-electron chi connectivity index (χ1n) is 10.5. The summed E-state index contributed by atoms with van der Waals surface area (Å²) in [7, 11) is 0. The van der Waals surface area contributed by atoms with Gasteiger partial charge in [0.05, 0.1) is 24.9 Å². The molecule has 0 aromatic heterocycles. The molecule has 164 valence electrons. The molecule has 0 unspecified atom stereocenters. The molecule has 0 aromatic rings. The normalized spacial score (nSPS) is 45.6. The monoisotopic (exact) mass is 409 g/mol. The van der Waals surface area contributed by atoms with Gasteiger partial charge in [0.2, 0.25) is 5.91 Å². The molecule has 8 atom stereocenters. The number of carbonyl (C=O) groups is 1. The fourth-order valence-corrected chi connectivity index (χ4v) is 4.46. The first kappa shape index (κ1) is 22.4. The largest absolute Gasteiger partial charge is 0.387 e. The lowest BCUT2D eigenvalue weighted by atomic mass is 9.87. The van der Waals surface area contributed by atoms with E-state index in [0.29, 0.717) is 12.5 Å². The molecule has 3 N–H and O–H groups in total. The van der Waals surface area contributed by atoms with E-state index in [2.05, 4.69) is 18.3 Å². The molecule has 0 radical (unpaired) electrons. The van der Waals surface area contributed by atoms with E-state index < -0.39 is 23.6 Å². The van der Waals surface area contributed by atoms with Crippen molar-refractivity contribution in [3.63, 3.8) is 0 Å². The van der Waals surface area contributed by atoms with Crippen LogP contribution in [0.5, 0.6) is 0 Å². The van der Waals surface area contributed by atoms with Crippen LogP contribution in [0.1, 0.15) is 53.9 Å². The maximum absolute atomic E-state index is 11.3. The van der Waals surface area contributed by atoms with E-state index in [9.17, 15) is 15.0 Å². The van der Waals surface area contributed by atoms with Gasteiger partial charge in [-0.2, -0.15) is 0 Å². The summed E-state index contributed by atoms with van der Waals surface area (Å²) in [6, 6.07) is 0.0541. The minimum Gasteiger partial charge on any atom is -0.387 e. The van der Waals surface area contributed by atoms with Crippen molar-refractivity contribution in [3.05, 3.63) is 23.8 Å². The van der Waals surface area contributed by atoms with Crippen LogP contribution in [0, 0.1) is 5.92 Å². The van der Waals surface area contributed by atoms with Crippen molar-refractivity contribution in [1.82, 2.24) is 5.32 Å². The molecule has 3 rings (SSSR count). The summed E-state index contributed by atoms with van der Waals surface area (Å²) in [4.78, 5) is 11.3. The first-order valence-corrected chi connectivity index (χ1v) is 10.5. The Morgan fingerprint density at radius 1 is 1.31 bits per heavy atom. The lowest BCUT2D eigenvalue weighted by molar-refractivity contribution is -0.272. The zero-order valence-electron chi connectivity index (χ0n) is 18.1. The third-order valence-corrected chi connectivity index (χ3v) is 6.21. The third-order valence-electron chi connectivity index (χ3n) is 6.21. The number of ether oxygens (including phenoxy) is 3. The van der Waals surface area contributed by atoms with Gasteiger partial charge < -0.3 is 29.7 Å². The van der Waals surface area contributed by atoms with Gasteiger partial charge in [0.15, 0.2) is 5.79 Å². The second-order valence-electron chi connectivity index (χ2n) is 9.18. The summed E-state index contributed by atoms with van der Waals surface area (Å²) in [6.07, 6.45) is 6.41. The smallest absolute Gasteiger partial charge is 0.217 e. The molecule has 29 heavy (non-hydrogen) atoms. The van der Waals surface area contributed by atoms with E-state index in [-0.39, 0.29) is 30.6 Å². The number of hydrogen-bond acceptors (Lipinski definition) is 6. The van der Waals surface area contributed by atoms with Gasteiger partial charge in [-0.05, 0) is 39.5 Å². The lowest BCUT2D eigenvalue weighted by Gasteiger charge is -2.40. The molecule has 1 amide bonds. The lowest BCUT2D eigenvalue weighted by Crippen LogP contribution is -2.54. The van der Waals surface area contributed by atoms with Gasteiger partial charge in [-0.1, -0.05) is 30.7 Å². The Morgan fingerprint density at radius 2 is 2.00 bits per heavy atom. The van der Waals surface area contributed by atoms with Crippen LogP contribution in [0.15, 0.2) is 23.8 Å². The van der Waals surface area contributed by atoms with Crippen LogP contribution in [-0.2, 0) is 19.0 Å². The van der Waals surface area contributed by atoms with E-state index >= 15 is 0 Å². The highest BCUT2D eigenvalue weighted by Crippen LogP contribution is 2.45. The number of hydrogen-bond donors (Lipinski definition) is 3. The van der Waals surface area contributed by atoms with Crippen molar-refractivity contribution >= 4 is 5.91 Å². The molecule has 0 aromatic carbocycles. The Labute approximate surface area is 173 Å². The molecular weight excluding hydrogens is 374 g/mol. The Balaban J connectivity index is 1.55. The summed E-state index contributed by atoms with van der Waals surface area (Å²) in [6.45, 7) is 9.72. The zero-order chi connectivity index (χ0) is 21.4. The van der Waals surface area contributed by atoms with Gasteiger partial charge >= 0.3 is 0 Å². The Bertz CT molecular complexity index is 668. The average Bonchev–Trinajstić information content (AvgIpc) is 3.37. The molecule has 3 heterocycles. The number of allylic oxidation sites excluding steroid dienone is 2. The predicted octanol–water partition coefficient (Wildman–Crippen LogP) is 1.82. The maximum Gasteiger partial charge on any atom is 0.217 e. The SMILES string of the molecule is CC(=O)N[C@@H]1C[C@H](C)[C@H](C/C=C(C)/C=C/[C@H]2O[C@](C)(O)C[C@@]3(CO3)[C@@H]2O)O[C@@H]1C. The number of epoxide rings is 1. The van der Waals surface area contributed by atoms with E-state index in [1.165, 1.54) is 6.92 Å². The number of rotatable bonds is 5. The predicted molar refractivity (Wildman–Crippen MR) is 108 cm³/mol. The highest BCUT2D eigenvalue weighted by molar-refractivity contribution is 5.73. The molecule has 0 bridgehead atoms. The third kappa shape index (κ3) is 5.47. The topological polar surface area (TPSA) is 101 Å². The van der Waals surface area contributed by atoms with E-state index in [4.69, 9.17) is 14.2 Å². The average molecular weight is 410 g/mol. The molecule has 1 spiro atoms. The molecule has 7 heteroatoms. The number of amides is 1. The Hall–Kier alpha value is -1.25. The van der Waals surface area contributed by atoms with Crippen LogP contribution < -0.4 is 5.32 Å². The van der Waals surface area contributed by atoms with Gasteiger partial charge in [-0.25, -0.2) is 0 Å². The number of nitrogens with one attached hydrogen (secondary N) is 1. The second-order valence-corrected chi connectivity index (χ2v) is 9.18. The van der Waals surface area contributed by atoms with Crippen molar-refractivity contribution in [2.24, 2.45) is 5.92 Å². The van der Waals surface area contributed by atoms with Crippen molar-refractivity contribution in [2.45, 2.75) is 95.7 Å². The molecule has 7 nitrogen and oxygen atoms in total. The first-order chi connectivity index (χ1) is 13.5. The molecule has 0 aliphatic carbocycles. The number of aliphatic hydroxyl groups is 2. The molecule has 0 saturated carbocycles. The summed E-state index contributed by atoms with van der Waals surface area (Å²) in [5.74, 6) is -1.00. The summed E-state index contributed by atoms with van der Waals surface area (Å²) in [5.41, 5.74) is 0.351. The van der Waals surface area contributed by atoms with Crippen LogP contribution in [0.3, 0.4) is 0 Å². The standard InChI is InChI=1S/C22H35NO6/c1-13(6-8-18-14(2)10-17(15(3)28-18)23-16(4)24)7-9-19-20(25)22(12-27-22)11-21(5,26)29-19/h6-7,9,14-15,17-20,25-26H,8,10-12H2,1-5H3,(H,23,24)/b9-7+,13-6+/t14-,15+,17+,18-,19+,20+,21-,22+/m0/s1. The minimum absolute atomic E-state index is 0.0212. The van der Waals surface area contributed by atoms with Crippen LogP contribution in [0.25, 0.3) is 0 Å². The minimum atomic E-state index is -1.31. The molecule has 3 aliphatic heterocycles. The van der Waals surface area contributed by atoms with Crippen molar-refractivity contribution < 1.29 is 29.2 Å². The Kier molecular flexibility index (Phi) is 6.56. The fourth-order valence-electron chi connectivity index (χ4n) is 4.46. The van der Waals surface area contributed by atoms with E-state index in [1.54, 1.807) is 13.0 Å². The summed E-state index contributed by atoms with van der Waals surface area (Å²) < 4.78 is 17.2. The molecule has 3 aliphatic rings. The van der Waals surface area contributed by atoms with Crippen LogP contribution in [-0.4, -0.2) is 64.6 Å². The van der Waals surface area contributed by atoms with Gasteiger partial charge in [0, 0.05) is 13.3 Å². The van der Waals surface area contributed by atoms with Crippen LogP contribution >= 0.6 is 0 Å². The van der Waals surface area contributed by atoms with E-state index in [0.717, 1.165) is 18.4 Å². The van der Waals surface area contributed by atoms with Crippen LogP contribution in [0.2, 0.25) is 0 Å². The zero-order valence-corrected chi connectivity index (χ0v) is 18.1. The highest BCUT2D eigenvalue weighted by Gasteiger charge is 2.61. The van der Waals surface area contributed by atoms with Crippen molar-refractivity contribution in [2.75, 3.05) is 6.61 Å². The highest BCUT2D eigenvalue weighted by atomic mass is 16.7. The van der Waals surface area contributed by atoms with Gasteiger partial charge in [0.1, 0.15) is 17.8 Å². The fraction of sp³-hybridized carbons (Fsp3) is 0.773. The maximum atomic E-state index is 11.3. The summed E-state index contributed by atoms with van der Waals surface area (Å²) >= 11 is 0. The molecule has 3 saturated heterocycles. The van der Waals surface area contributed by atoms with Gasteiger partial charge in [-0.15, -0.1) is 0 Å².